The number of aromatic nitrogens is 1. The summed E-state index contributed by atoms with van der Waals surface area (Å²) in [6.45, 7) is 1.21. The molecule has 1 atom stereocenters. The van der Waals surface area contributed by atoms with Gasteiger partial charge in [0.1, 0.15) is 11.6 Å². The van der Waals surface area contributed by atoms with Crippen molar-refractivity contribution >= 4 is 11.7 Å². The second-order valence-electron chi connectivity index (χ2n) is 4.41. The van der Waals surface area contributed by atoms with E-state index in [0.717, 1.165) is 31.7 Å². The van der Waals surface area contributed by atoms with E-state index in [1.807, 2.05) is 0 Å². The smallest absolute Gasteiger partial charge is 0.257 e. The first kappa shape index (κ1) is 12.8. The number of nitrogen functional groups attached to an aromatic ring is 1. The molecule has 0 radical (unpaired) electrons. The minimum absolute atomic E-state index is 0.0422. The molecular formula is C12H16FN3O2. The van der Waals surface area contributed by atoms with Gasteiger partial charge in [0.05, 0.1) is 17.9 Å². The predicted molar refractivity (Wildman–Crippen MR) is 64.5 cm³/mol. The number of anilines is 1. The molecule has 1 unspecified atom stereocenters. The molecule has 2 rings (SSSR count). The van der Waals surface area contributed by atoms with E-state index in [9.17, 15) is 9.18 Å². The van der Waals surface area contributed by atoms with Crippen LogP contribution in [0, 0.1) is 5.82 Å². The van der Waals surface area contributed by atoms with Crippen molar-refractivity contribution < 1.29 is 13.9 Å². The normalized spacial score (nSPS) is 18.9. The van der Waals surface area contributed by atoms with Gasteiger partial charge in [-0.2, -0.15) is 0 Å². The molecule has 0 saturated carbocycles. The highest BCUT2D eigenvalue weighted by molar-refractivity contribution is 5.98. The van der Waals surface area contributed by atoms with E-state index < -0.39 is 5.82 Å². The van der Waals surface area contributed by atoms with E-state index in [2.05, 4.69) is 4.98 Å². The lowest BCUT2D eigenvalue weighted by molar-refractivity contribution is 0.0587. The molecular weight excluding hydrogens is 237 g/mol. The lowest BCUT2D eigenvalue weighted by atomic mass is 10.2. The molecule has 18 heavy (non-hydrogen) atoms. The third kappa shape index (κ3) is 2.76. The summed E-state index contributed by atoms with van der Waals surface area (Å²) in [5, 5.41) is 0. The van der Waals surface area contributed by atoms with Gasteiger partial charge in [-0.1, -0.05) is 0 Å². The molecule has 1 aromatic heterocycles. The van der Waals surface area contributed by atoms with Crippen LogP contribution >= 0.6 is 0 Å². The zero-order valence-corrected chi connectivity index (χ0v) is 10.2. The van der Waals surface area contributed by atoms with Gasteiger partial charge in [0, 0.05) is 20.2 Å². The Bertz CT molecular complexity index is 447. The topological polar surface area (TPSA) is 68.5 Å². The van der Waals surface area contributed by atoms with E-state index >= 15 is 0 Å². The van der Waals surface area contributed by atoms with Crippen LogP contribution in [0.25, 0.3) is 0 Å². The molecule has 1 fully saturated rings. The summed E-state index contributed by atoms with van der Waals surface area (Å²) in [5.74, 6) is -0.867. The number of hydrogen-bond acceptors (Lipinski definition) is 4. The fourth-order valence-corrected chi connectivity index (χ4v) is 2.00. The Morgan fingerprint density at radius 1 is 1.72 bits per heavy atom. The maximum Gasteiger partial charge on any atom is 0.257 e. The van der Waals surface area contributed by atoms with Crippen LogP contribution in [0.5, 0.6) is 0 Å². The van der Waals surface area contributed by atoms with E-state index in [1.54, 1.807) is 7.05 Å². The molecule has 1 aliphatic rings. The summed E-state index contributed by atoms with van der Waals surface area (Å²) in [7, 11) is 1.65. The van der Waals surface area contributed by atoms with Crippen molar-refractivity contribution in [2.45, 2.75) is 18.9 Å². The fourth-order valence-electron chi connectivity index (χ4n) is 2.00. The standard InChI is InChI=1S/C12H16FN3O2/c1-16(7-9-3-2-4-18-9)12(17)10-5-8(13)6-15-11(10)14/h5-6,9H,2-4,7H2,1H3,(H2,14,15). The molecule has 1 saturated heterocycles. The summed E-state index contributed by atoms with van der Waals surface area (Å²) >= 11 is 0. The molecule has 1 amide bonds. The van der Waals surface area contributed by atoms with Gasteiger partial charge in [-0.05, 0) is 18.9 Å². The number of halogens is 1. The first-order valence-corrected chi connectivity index (χ1v) is 5.86. The Labute approximate surface area is 105 Å². The molecule has 98 valence electrons. The van der Waals surface area contributed by atoms with Gasteiger partial charge in [0.2, 0.25) is 0 Å². The molecule has 0 bridgehead atoms. The Balaban J connectivity index is 2.07. The van der Waals surface area contributed by atoms with Crippen molar-refractivity contribution in [2.24, 2.45) is 0 Å². The van der Waals surface area contributed by atoms with Gasteiger partial charge < -0.3 is 15.4 Å². The molecule has 1 aliphatic heterocycles. The second kappa shape index (κ2) is 5.30. The van der Waals surface area contributed by atoms with Gasteiger partial charge in [-0.3, -0.25) is 4.79 Å². The van der Waals surface area contributed by atoms with Crippen LogP contribution in [0.4, 0.5) is 10.2 Å². The fraction of sp³-hybridized carbons (Fsp3) is 0.500. The van der Waals surface area contributed by atoms with Crippen LogP contribution in [-0.4, -0.2) is 42.1 Å². The predicted octanol–water partition coefficient (Wildman–Crippen LogP) is 1.05. The number of nitrogens with two attached hydrogens (primary N) is 1. The second-order valence-corrected chi connectivity index (χ2v) is 4.41. The van der Waals surface area contributed by atoms with Crippen molar-refractivity contribution in [3.63, 3.8) is 0 Å². The lowest BCUT2D eigenvalue weighted by Gasteiger charge is -2.21. The van der Waals surface area contributed by atoms with Crippen LogP contribution in [0.3, 0.4) is 0 Å². The molecule has 2 N–H and O–H groups in total. The minimum atomic E-state index is -0.571. The molecule has 5 nitrogen and oxygen atoms in total. The van der Waals surface area contributed by atoms with Crippen LogP contribution in [-0.2, 0) is 4.74 Å². The van der Waals surface area contributed by atoms with Crippen LogP contribution in [0.15, 0.2) is 12.3 Å². The Morgan fingerprint density at radius 3 is 3.17 bits per heavy atom. The number of carbonyl (C=O) groups is 1. The Hall–Kier alpha value is -1.69. The maximum absolute atomic E-state index is 13.1. The van der Waals surface area contributed by atoms with E-state index in [-0.39, 0.29) is 23.4 Å². The largest absolute Gasteiger partial charge is 0.383 e. The first-order valence-electron chi connectivity index (χ1n) is 5.86. The quantitative estimate of drug-likeness (QED) is 0.874. The number of amides is 1. The van der Waals surface area contributed by atoms with E-state index in [0.29, 0.717) is 6.54 Å². The number of hydrogen-bond donors (Lipinski definition) is 1. The van der Waals surface area contributed by atoms with Crippen molar-refractivity contribution in [2.75, 3.05) is 25.9 Å². The van der Waals surface area contributed by atoms with Crippen molar-refractivity contribution in [1.82, 2.24) is 9.88 Å². The third-order valence-corrected chi connectivity index (χ3v) is 2.96. The SMILES string of the molecule is CN(CC1CCCO1)C(=O)c1cc(F)cnc1N. The highest BCUT2D eigenvalue weighted by Gasteiger charge is 2.22. The maximum atomic E-state index is 13.1. The molecule has 0 aliphatic carbocycles. The van der Waals surface area contributed by atoms with Crippen molar-refractivity contribution in [3.05, 3.63) is 23.6 Å². The number of ether oxygens (including phenoxy) is 1. The molecule has 0 spiro atoms. The van der Waals surface area contributed by atoms with E-state index in [4.69, 9.17) is 10.5 Å². The van der Waals surface area contributed by atoms with Gasteiger partial charge in [-0.25, -0.2) is 9.37 Å². The average molecular weight is 253 g/mol. The monoisotopic (exact) mass is 253 g/mol. The zero-order valence-electron chi connectivity index (χ0n) is 10.2. The van der Waals surface area contributed by atoms with Gasteiger partial charge in [-0.15, -0.1) is 0 Å². The summed E-state index contributed by atoms with van der Waals surface area (Å²) in [4.78, 5) is 17.2. The van der Waals surface area contributed by atoms with Crippen LogP contribution in [0.2, 0.25) is 0 Å². The van der Waals surface area contributed by atoms with Crippen molar-refractivity contribution in [3.8, 4) is 0 Å². The highest BCUT2D eigenvalue weighted by atomic mass is 19.1. The summed E-state index contributed by atoms with van der Waals surface area (Å²) in [6, 6.07) is 1.11. The number of likely N-dealkylation sites (N-methyl/N-ethyl adjacent to an activating group) is 1. The number of pyridine rings is 1. The Morgan fingerprint density at radius 2 is 2.50 bits per heavy atom. The van der Waals surface area contributed by atoms with Gasteiger partial charge in [0.25, 0.3) is 5.91 Å². The summed E-state index contributed by atoms with van der Waals surface area (Å²) < 4.78 is 18.5. The summed E-state index contributed by atoms with van der Waals surface area (Å²) in [5.41, 5.74) is 5.67. The number of rotatable bonds is 3. The molecule has 0 aromatic carbocycles. The van der Waals surface area contributed by atoms with Gasteiger partial charge in [0.15, 0.2) is 0 Å². The Kier molecular flexibility index (Phi) is 3.76. The first-order chi connectivity index (χ1) is 8.58. The van der Waals surface area contributed by atoms with Crippen LogP contribution in [0.1, 0.15) is 23.2 Å². The van der Waals surface area contributed by atoms with Crippen molar-refractivity contribution in [1.29, 1.82) is 0 Å². The number of nitrogens with zero attached hydrogens (tertiary/aromatic N) is 2. The average Bonchev–Trinajstić information content (AvgIpc) is 2.84. The summed E-state index contributed by atoms with van der Waals surface area (Å²) in [6.07, 6.45) is 3.00. The molecule has 2 heterocycles. The zero-order chi connectivity index (χ0) is 13.1. The van der Waals surface area contributed by atoms with E-state index in [1.165, 1.54) is 4.90 Å². The lowest BCUT2D eigenvalue weighted by Crippen LogP contribution is -2.34. The highest BCUT2D eigenvalue weighted by Crippen LogP contribution is 2.16. The minimum Gasteiger partial charge on any atom is -0.383 e. The molecule has 6 heteroatoms. The van der Waals surface area contributed by atoms with Crippen LogP contribution < -0.4 is 5.73 Å². The molecule has 1 aromatic rings. The van der Waals surface area contributed by atoms with Gasteiger partial charge >= 0.3 is 0 Å². The third-order valence-electron chi connectivity index (χ3n) is 2.96. The number of carbonyl (C=O) groups excluding carboxylic acids is 1.